The molecule has 2 rings (SSSR count). The first kappa shape index (κ1) is 25.0. The van der Waals surface area contributed by atoms with Crippen molar-refractivity contribution in [3.05, 3.63) is 54.6 Å². The summed E-state index contributed by atoms with van der Waals surface area (Å²) in [5, 5.41) is 6.03. The number of halogens is 2. The molecule has 160 valence electrons. The molecule has 0 bridgehead atoms. The highest BCUT2D eigenvalue weighted by Gasteiger charge is 2.13. The summed E-state index contributed by atoms with van der Waals surface area (Å²) in [7, 11) is -2.00. The number of pyridine rings is 1. The van der Waals surface area contributed by atoms with E-state index >= 15 is 0 Å². The Labute approximate surface area is 187 Å². The van der Waals surface area contributed by atoms with E-state index < -0.39 is 15.8 Å². The van der Waals surface area contributed by atoms with Gasteiger partial charge in [-0.15, -0.1) is 24.0 Å². The number of aromatic nitrogens is 1. The number of hydrogen-bond donors (Lipinski definition) is 3. The van der Waals surface area contributed by atoms with Gasteiger partial charge in [-0.05, 0) is 31.2 Å². The monoisotopic (exact) mass is 537 g/mol. The molecule has 1 aromatic heterocycles. The smallest absolute Gasteiger partial charge is 0.242 e. The number of rotatable bonds is 9. The lowest BCUT2D eigenvalue weighted by Crippen LogP contribution is -2.44. The first-order chi connectivity index (χ1) is 13.4. The van der Waals surface area contributed by atoms with Gasteiger partial charge in [0.05, 0.1) is 6.54 Å². The van der Waals surface area contributed by atoms with E-state index in [-0.39, 0.29) is 47.3 Å². The van der Waals surface area contributed by atoms with Crippen LogP contribution in [-0.4, -0.2) is 52.1 Å². The fourth-order valence-corrected chi connectivity index (χ4v) is 3.21. The standard InChI is InChI=1S/C18H24FN5O3S.HI/c1-14(27-17-8-4-3-7-16(17)19)12-23-18(20-2)22-10-11-24-28(25,26)15-6-5-9-21-13-15;/h3-9,13-14,24H,10-12H2,1-2H3,(H2,20,22,23);1H. The second-order valence-electron chi connectivity index (χ2n) is 5.83. The van der Waals surface area contributed by atoms with E-state index in [0.717, 1.165) is 0 Å². The van der Waals surface area contributed by atoms with Crippen LogP contribution in [0.5, 0.6) is 5.75 Å². The van der Waals surface area contributed by atoms with E-state index in [9.17, 15) is 12.8 Å². The largest absolute Gasteiger partial charge is 0.486 e. The van der Waals surface area contributed by atoms with Crippen LogP contribution in [0.3, 0.4) is 0 Å². The molecule has 3 N–H and O–H groups in total. The van der Waals surface area contributed by atoms with Crippen LogP contribution in [0.1, 0.15) is 6.92 Å². The number of benzene rings is 1. The van der Waals surface area contributed by atoms with Gasteiger partial charge in [-0.1, -0.05) is 12.1 Å². The lowest BCUT2D eigenvalue weighted by atomic mass is 10.3. The maximum Gasteiger partial charge on any atom is 0.242 e. The normalized spacial score (nSPS) is 12.6. The molecule has 29 heavy (non-hydrogen) atoms. The third-order valence-corrected chi connectivity index (χ3v) is 5.05. The maximum atomic E-state index is 13.6. The minimum atomic E-state index is -3.60. The molecule has 0 amide bonds. The quantitative estimate of drug-likeness (QED) is 0.195. The minimum Gasteiger partial charge on any atom is -0.486 e. The summed E-state index contributed by atoms with van der Waals surface area (Å²) in [6.07, 6.45) is 2.49. The predicted octanol–water partition coefficient (Wildman–Crippen LogP) is 1.75. The lowest BCUT2D eigenvalue weighted by Gasteiger charge is -2.18. The molecule has 1 unspecified atom stereocenters. The zero-order valence-corrected chi connectivity index (χ0v) is 19.3. The van der Waals surface area contributed by atoms with Crippen LogP contribution in [0.2, 0.25) is 0 Å². The van der Waals surface area contributed by atoms with E-state index in [1.54, 1.807) is 38.2 Å². The Hall–Kier alpha value is -1.99. The molecule has 0 aliphatic rings. The topological polar surface area (TPSA) is 105 Å². The van der Waals surface area contributed by atoms with E-state index in [1.165, 1.54) is 24.5 Å². The third kappa shape index (κ3) is 8.50. The molecule has 0 aliphatic carbocycles. The van der Waals surface area contributed by atoms with E-state index in [1.807, 2.05) is 0 Å². The van der Waals surface area contributed by atoms with Crippen LogP contribution in [0, 0.1) is 5.82 Å². The molecule has 0 fully saturated rings. The first-order valence-electron chi connectivity index (χ1n) is 8.68. The molecular weight excluding hydrogens is 512 g/mol. The van der Waals surface area contributed by atoms with Crippen LogP contribution in [0.4, 0.5) is 4.39 Å². The van der Waals surface area contributed by atoms with Gasteiger partial charge in [-0.2, -0.15) is 0 Å². The predicted molar refractivity (Wildman–Crippen MR) is 121 cm³/mol. The number of sulfonamides is 1. The van der Waals surface area contributed by atoms with Crippen molar-refractivity contribution in [2.24, 2.45) is 4.99 Å². The van der Waals surface area contributed by atoms with Gasteiger partial charge in [0.25, 0.3) is 0 Å². The van der Waals surface area contributed by atoms with E-state index in [4.69, 9.17) is 4.74 Å². The van der Waals surface area contributed by atoms with Crippen LogP contribution < -0.4 is 20.1 Å². The zero-order chi connectivity index (χ0) is 20.4. The summed E-state index contributed by atoms with van der Waals surface area (Å²) in [4.78, 5) is 7.96. The average Bonchev–Trinajstić information content (AvgIpc) is 2.70. The highest BCUT2D eigenvalue weighted by atomic mass is 127. The summed E-state index contributed by atoms with van der Waals surface area (Å²) in [6.45, 7) is 2.67. The highest BCUT2D eigenvalue weighted by Crippen LogP contribution is 2.16. The molecule has 0 spiro atoms. The molecule has 8 nitrogen and oxygen atoms in total. The van der Waals surface area contributed by atoms with Crippen molar-refractivity contribution < 1.29 is 17.5 Å². The van der Waals surface area contributed by atoms with Gasteiger partial charge in [0.1, 0.15) is 11.0 Å². The molecule has 1 heterocycles. The van der Waals surface area contributed by atoms with Crippen LogP contribution in [0.15, 0.2) is 58.7 Å². The van der Waals surface area contributed by atoms with Crippen molar-refractivity contribution >= 4 is 40.0 Å². The number of hydrogen-bond acceptors (Lipinski definition) is 5. The van der Waals surface area contributed by atoms with Crippen molar-refractivity contribution in [1.82, 2.24) is 20.3 Å². The maximum absolute atomic E-state index is 13.6. The summed E-state index contributed by atoms with van der Waals surface area (Å²) < 4.78 is 45.8. The van der Waals surface area contributed by atoms with Crippen molar-refractivity contribution in [3.8, 4) is 5.75 Å². The van der Waals surface area contributed by atoms with Gasteiger partial charge < -0.3 is 15.4 Å². The molecule has 0 saturated carbocycles. The van der Waals surface area contributed by atoms with Crippen molar-refractivity contribution in [2.75, 3.05) is 26.7 Å². The van der Waals surface area contributed by atoms with Crippen LogP contribution in [-0.2, 0) is 10.0 Å². The number of para-hydroxylation sites is 1. The first-order valence-corrected chi connectivity index (χ1v) is 10.2. The second kappa shape index (κ2) is 12.5. The molecule has 0 saturated heterocycles. The molecule has 0 radical (unpaired) electrons. The number of nitrogens with one attached hydrogen (secondary N) is 3. The molecule has 1 atom stereocenters. The molecule has 2 aromatic rings. The summed E-state index contributed by atoms with van der Waals surface area (Å²) in [5.41, 5.74) is 0. The highest BCUT2D eigenvalue weighted by molar-refractivity contribution is 14.0. The van der Waals surface area contributed by atoms with Gasteiger partial charge in [-0.3, -0.25) is 9.98 Å². The minimum absolute atomic E-state index is 0. The SMILES string of the molecule is CN=C(NCCNS(=O)(=O)c1cccnc1)NCC(C)Oc1ccccc1F.I. The van der Waals surface area contributed by atoms with Crippen molar-refractivity contribution in [3.63, 3.8) is 0 Å². The Morgan fingerprint density at radius 1 is 1.21 bits per heavy atom. The fourth-order valence-electron chi connectivity index (χ4n) is 2.22. The van der Waals surface area contributed by atoms with Gasteiger partial charge >= 0.3 is 0 Å². The Morgan fingerprint density at radius 2 is 1.97 bits per heavy atom. The van der Waals surface area contributed by atoms with Gasteiger partial charge in [0, 0.05) is 32.5 Å². The Kier molecular flexibility index (Phi) is 10.8. The molecular formula is C18H25FIN5O3S. The number of ether oxygens (including phenoxy) is 1. The molecule has 1 aromatic carbocycles. The average molecular weight is 537 g/mol. The lowest BCUT2D eigenvalue weighted by molar-refractivity contribution is 0.214. The summed E-state index contributed by atoms with van der Waals surface area (Å²) in [6, 6.07) is 9.23. The summed E-state index contributed by atoms with van der Waals surface area (Å²) >= 11 is 0. The second-order valence-corrected chi connectivity index (χ2v) is 7.59. The van der Waals surface area contributed by atoms with Gasteiger partial charge in [0.2, 0.25) is 10.0 Å². The van der Waals surface area contributed by atoms with Crippen molar-refractivity contribution in [1.29, 1.82) is 0 Å². The number of guanidine groups is 1. The Balaban J connectivity index is 0.00000420. The Morgan fingerprint density at radius 3 is 2.62 bits per heavy atom. The number of aliphatic imine (C=N–C) groups is 1. The molecule has 0 aliphatic heterocycles. The summed E-state index contributed by atoms with van der Waals surface area (Å²) in [5.74, 6) is 0.242. The van der Waals surface area contributed by atoms with Crippen LogP contribution >= 0.6 is 24.0 Å². The fraction of sp³-hybridized carbons (Fsp3) is 0.333. The third-order valence-electron chi connectivity index (χ3n) is 3.60. The van der Waals surface area contributed by atoms with Gasteiger partial charge in [0.15, 0.2) is 17.5 Å². The van der Waals surface area contributed by atoms with Crippen LogP contribution in [0.25, 0.3) is 0 Å². The van der Waals surface area contributed by atoms with Crippen molar-refractivity contribution in [2.45, 2.75) is 17.9 Å². The zero-order valence-electron chi connectivity index (χ0n) is 16.1. The Bertz CT molecular complexity index is 884. The molecule has 11 heteroatoms. The van der Waals surface area contributed by atoms with Gasteiger partial charge in [-0.25, -0.2) is 17.5 Å². The number of nitrogens with zero attached hydrogens (tertiary/aromatic N) is 2. The van der Waals surface area contributed by atoms with E-state index in [0.29, 0.717) is 19.0 Å². The van der Waals surface area contributed by atoms with E-state index in [2.05, 4.69) is 25.3 Å².